The summed E-state index contributed by atoms with van der Waals surface area (Å²) in [6.07, 6.45) is 5.18. The molecule has 1 heterocycles. The maximum Gasteiger partial charge on any atom is 0.291 e. The van der Waals surface area contributed by atoms with E-state index < -0.39 is 0 Å². The van der Waals surface area contributed by atoms with Crippen LogP contribution in [0.4, 0.5) is 0 Å². The molecule has 1 aromatic heterocycles. The van der Waals surface area contributed by atoms with E-state index in [2.05, 4.69) is 44.8 Å². The number of aromatic nitrogens is 3. The molecule has 1 unspecified atom stereocenters. The van der Waals surface area contributed by atoms with E-state index in [-0.39, 0.29) is 17.8 Å². The number of nitrogens with one attached hydrogen (secondary N) is 2. The van der Waals surface area contributed by atoms with E-state index in [1.54, 1.807) is 0 Å². The van der Waals surface area contributed by atoms with Gasteiger partial charge in [0.2, 0.25) is 5.82 Å². The zero-order chi connectivity index (χ0) is 14.2. The van der Waals surface area contributed by atoms with Crippen LogP contribution in [-0.2, 0) is 12.8 Å². The number of aryl methyl sites for hydroxylation is 1. The van der Waals surface area contributed by atoms with Crippen LogP contribution in [-0.4, -0.2) is 27.1 Å². The van der Waals surface area contributed by atoms with E-state index in [1.807, 2.05) is 0 Å². The third-order valence-corrected chi connectivity index (χ3v) is 4.35. The highest BCUT2D eigenvalue weighted by molar-refractivity contribution is 5.90. The molecule has 2 N–H and O–H groups in total. The number of carbonyl (C=O) groups excluding carboxylic acids is 1. The van der Waals surface area contributed by atoms with Crippen molar-refractivity contribution >= 4 is 5.91 Å². The fraction of sp³-hybridized carbons (Fsp3) is 0.438. The molecule has 1 fully saturated rings. The number of H-pyrrole nitrogens is 1. The number of rotatable bonds is 3. The van der Waals surface area contributed by atoms with Crippen molar-refractivity contribution in [3.05, 3.63) is 47.0 Å². The third-order valence-electron chi connectivity index (χ3n) is 4.35. The zero-order valence-electron chi connectivity index (χ0n) is 11.8. The van der Waals surface area contributed by atoms with Crippen molar-refractivity contribution in [1.82, 2.24) is 20.5 Å². The quantitative estimate of drug-likeness (QED) is 0.904. The Bertz CT molecular complexity index is 674. The normalized spacial score (nSPS) is 20.9. The minimum Gasteiger partial charge on any atom is -0.346 e. The fourth-order valence-corrected chi connectivity index (χ4v) is 2.99. The zero-order valence-corrected chi connectivity index (χ0v) is 11.8. The molecular formula is C16H18N4O. The number of benzene rings is 1. The molecule has 2 aromatic rings. The second-order valence-electron chi connectivity index (χ2n) is 6.00. The van der Waals surface area contributed by atoms with Crippen molar-refractivity contribution in [1.29, 1.82) is 0 Å². The van der Waals surface area contributed by atoms with Crippen LogP contribution in [0.2, 0.25) is 0 Å². The van der Waals surface area contributed by atoms with Crippen LogP contribution in [0.25, 0.3) is 0 Å². The molecule has 0 radical (unpaired) electrons. The second-order valence-corrected chi connectivity index (χ2v) is 6.00. The van der Waals surface area contributed by atoms with E-state index in [4.69, 9.17) is 0 Å². The van der Waals surface area contributed by atoms with Gasteiger partial charge in [0.1, 0.15) is 5.82 Å². The Morgan fingerprint density at radius 1 is 1.19 bits per heavy atom. The van der Waals surface area contributed by atoms with Gasteiger partial charge in [0.25, 0.3) is 5.91 Å². The van der Waals surface area contributed by atoms with Gasteiger partial charge in [-0.05, 0) is 43.2 Å². The van der Waals surface area contributed by atoms with Crippen LogP contribution < -0.4 is 5.32 Å². The fourth-order valence-electron chi connectivity index (χ4n) is 2.99. The Labute approximate surface area is 123 Å². The lowest BCUT2D eigenvalue weighted by Crippen LogP contribution is -2.39. The standard InChI is InChI=1S/C16H18N4O/c21-16(15-18-14(19-20-15)11-5-6-11)17-13-8-7-10-3-1-2-4-12(10)9-13/h1-4,11,13H,5-9H2,(H,17,21)(H,18,19,20). The molecule has 21 heavy (non-hydrogen) atoms. The minimum atomic E-state index is -0.164. The molecule has 0 saturated heterocycles. The number of aromatic amines is 1. The van der Waals surface area contributed by atoms with Gasteiger partial charge in [-0.15, -0.1) is 5.10 Å². The summed E-state index contributed by atoms with van der Waals surface area (Å²) in [6, 6.07) is 8.62. The number of hydrogen-bond donors (Lipinski definition) is 2. The summed E-state index contributed by atoms with van der Waals surface area (Å²) in [5.41, 5.74) is 2.74. The second kappa shape index (κ2) is 4.98. The highest BCUT2D eigenvalue weighted by atomic mass is 16.2. The first kappa shape index (κ1) is 12.6. The molecule has 5 heteroatoms. The van der Waals surface area contributed by atoms with E-state index in [9.17, 15) is 4.79 Å². The molecule has 0 aliphatic heterocycles. The molecule has 4 rings (SSSR count). The molecule has 5 nitrogen and oxygen atoms in total. The van der Waals surface area contributed by atoms with E-state index >= 15 is 0 Å². The summed E-state index contributed by atoms with van der Waals surface area (Å²) < 4.78 is 0. The van der Waals surface area contributed by atoms with Gasteiger partial charge in [-0.3, -0.25) is 9.89 Å². The first-order chi connectivity index (χ1) is 10.3. The van der Waals surface area contributed by atoms with Gasteiger partial charge >= 0.3 is 0 Å². The average Bonchev–Trinajstić information content (AvgIpc) is 3.24. The van der Waals surface area contributed by atoms with Gasteiger partial charge in [-0.25, -0.2) is 4.98 Å². The Balaban J connectivity index is 1.42. The molecule has 0 spiro atoms. The topological polar surface area (TPSA) is 70.7 Å². The van der Waals surface area contributed by atoms with Crippen LogP contribution in [0.15, 0.2) is 24.3 Å². The lowest BCUT2D eigenvalue weighted by atomic mass is 9.88. The van der Waals surface area contributed by atoms with Crippen molar-refractivity contribution in [2.24, 2.45) is 0 Å². The van der Waals surface area contributed by atoms with Crippen LogP contribution in [0.1, 0.15) is 52.8 Å². The van der Waals surface area contributed by atoms with Gasteiger partial charge in [0, 0.05) is 12.0 Å². The SMILES string of the molecule is O=C(NC1CCc2ccccc2C1)c1n[nH]c(C2CC2)n1. The number of nitrogens with zero attached hydrogens (tertiary/aromatic N) is 2. The summed E-state index contributed by atoms with van der Waals surface area (Å²) in [7, 11) is 0. The third kappa shape index (κ3) is 2.55. The van der Waals surface area contributed by atoms with Gasteiger partial charge < -0.3 is 5.32 Å². The van der Waals surface area contributed by atoms with E-state index in [1.165, 1.54) is 11.1 Å². The maximum atomic E-state index is 12.2. The predicted molar refractivity (Wildman–Crippen MR) is 78.1 cm³/mol. The molecule has 108 valence electrons. The van der Waals surface area contributed by atoms with Crippen molar-refractivity contribution in [3.63, 3.8) is 0 Å². The highest BCUT2D eigenvalue weighted by Gasteiger charge is 2.29. The first-order valence-corrected chi connectivity index (χ1v) is 7.59. The molecular weight excluding hydrogens is 264 g/mol. The Morgan fingerprint density at radius 3 is 2.81 bits per heavy atom. The van der Waals surface area contributed by atoms with E-state index in [0.29, 0.717) is 5.92 Å². The molecule has 0 bridgehead atoms. The molecule has 1 amide bonds. The monoisotopic (exact) mass is 282 g/mol. The molecule has 1 atom stereocenters. The molecule has 1 aromatic carbocycles. The first-order valence-electron chi connectivity index (χ1n) is 7.59. The smallest absolute Gasteiger partial charge is 0.291 e. The van der Waals surface area contributed by atoms with Crippen LogP contribution >= 0.6 is 0 Å². The van der Waals surface area contributed by atoms with Crippen molar-refractivity contribution in [3.8, 4) is 0 Å². The summed E-state index contributed by atoms with van der Waals surface area (Å²) in [6.45, 7) is 0. The molecule has 2 aliphatic rings. The van der Waals surface area contributed by atoms with Gasteiger partial charge in [-0.1, -0.05) is 24.3 Å². The number of hydrogen-bond acceptors (Lipinski definition) is 3. The predicted octanol–water partition coefficient (Wildman–Crippen LogP) is 1.97. The lowest BCUT2D eigenvalue weighted by Gasteiger charge is -2.24. The number of fused-ring (bicyclic) bond motifs is 1. The average molecular weight is 282 g/mol. The summed E-state index contributed by atoms with van der Waals surface area (Å²) >= 11 is 0. The van der Waals surface area contributed by atoms with E-state index in [0.717, 1.165) is 37.9 Å². The summed E-state index contributed by atoms with van der Waals surface area (Å²) in [4.78, 5) is 16.5. The van der Waals surface area contributed by atoms with Gasteiger partial charge in [0.15, 0.2) is 0 Å². The Morgan fingerprint density at radius 2 is 2.00 bits per heavy atom. The van der Waals surface area contributed by atoms with Crippen LogP contribution in [0.5, 0.6) is 0 Å². The van der Waals surface area contributed by atoms with Crippen molar-refractivity contribution in [2.75, 3.05) is 0 Å². The van der Waals surface area contributed by atoms with Gasteiger partial charge in [0.05, 0.1) is 0 Å². The summed E-state index contributed by atoms with van der Waals surface area (Å²) in [5.74, 6) is 1.45. The van der Waals surface area contributed by atoms with Crippen molar-refractivity contribution in [2.45, 2.75) is 44.1 Å². The Hall–Kier alpha value is -2.17. The van der Waals surface area contributed by atoms with Crippen LogP contribution in [0.3, 0.4) is 0 Å². The van der Waals surface area contributed by atoms with Crippen LogP contribution in [0, 0.1) is 0 Å². The minimum absolute atomic E-state index is 0.164. The lowest BCUT2D eigenvalue weighted by molar-refractivity contribution is 0.0923. The number of carbonyl (C=O) groups is 1. The number of amides is 1. The van der Waals surface area contributed by atoms with Gasteiger partial charge in [-0.2, -0.15) is 0 Å². The summed E-state index contributed by atoms with van der Waals surface area (Å²) in [5, 5.41) is 9.98. The van der Waals surface area contributed by atoms with Crippen molar-refractivity contribution < 1.29 is 4.79 Å². The largest absolute Gasteiger partial charge is 0.346 e. The molecule has 1 saturated carbocycles. The highest BCUT2D eigenvalue weighted by Crippen LogP contribution is 2.37. The maximum absolute atomic E-state index is 12.2. The molecule has 2 aliphatic carbocycles. The Kier molecular flexibility index (Phi) is 2.98.